The molecular formula is C13H25N3O3. The van der Waals surface area contributed by atoms with Crippen LogP contribution < -0.4 is 11.1 Å². The number of piperidine rings is 1. The van der Waals surface area contributed by atoms with Gasteiger partial charge in [0.15, 0.2) is 0 Å². The van der Waals surface area contributed by atoms with Crippen LogP contribution in [0.3, 0.4) is 0 Å². The molecule has 1 aliphatic rings. The van der Waals surface area contributed by atoms with Gasteiger partial charge in [-0.05, 0) is 46.1 Å². The number of alkyl carbamates (subject to hydrolysis) is 1. The highest BCUT2D eigenvalue weighted by Gasteiger charge is 2.22. The summed E-state index contributed by atoms with van der Waals surface area (Å²) in [6.45, 7) is 8.06. The minimum Gasteiger partial charge on any atom is -0.444 e. The van der Waals surface area contributed by atoms with Crippen LogP contribution >= 0.6 is 0 Å². The Balaban J connectivity index is 2.29. The summed E-state index contributed by atoms with van der Waals surface area (Å²) >= 11 is 0. The number of carbonyl (C=O) groups is 2. The first kappa shape index (κ1) is 15.8. The summed E-state index contributed by atoms with van der Waals surface area (Å²) in [7, 11) is 0. The number of nitrogens with zero attached hydrogens (tertiary/aromatic N) is 1. The molecule has 0 aromatic rings. The van der Waals surface area contributed by atoms with E-state index < -0.39 is 5.60 Å². The predicted molar refractivity (Wildman–Crippen MR) is 72.6 cm³/mol. The zero-order valence-corrected chi connectivity index (χ0v) is 12.1. The standard InChI is InChI=1S/C13H25N3O3/c1-13(2,3)19-12(18)15-7-10-5-4-6-16(8-10)9-11(14)17/h10H,4-9H2,1-3H3,(H2,14,17)(H,15,18)/t10-/m1/s1. The summed E-state index contributed by atoms with van der Waals surface area (Å²) < 4.78 is 5.18. The van der Waals surface area contributed by atoms with Crippen LogP contribution in [0.4, 0.5) is 4.79 Å². The molecule has 0 radical (unpaired) electrons. The summed E-state index contributed by atoms with van der Waals surface area (Å²) in [5.41, 5.74) is 4.71. The number of ether oxygens (including phenoxy) is 1. The molecule has 0 spiro atoms. The second-order valence-corrected chi connectivity index (χ2v) is 6.09. The molecule has 0 aromatic carbocycles. The highest BCUT2D eigenvalue weighted by molar-refractivity contribution is 5.75. The van der Waals surface area contributed by atoms with Gasteiger partial charge < -0.3 is 15.8 Å². The van der Waals surface area contributed by atoms with Gasteiger partial charge in [-0.3, -0.25) is 9.69 Å². The topological polar surface area (TPSA) is 84.7 Å². The van der Waals surface area contributed by atoms with Gasteiger partial charge in [-0.25, -0.2) is 4.79 Å². The molecule has 1 atom stereocenters. The van der Waals surface area contributed by atoms with Crippen LogP contribution in [0.25, 0.3) is 0 Å². The Morgan fingerprint density at radius 2 is 2.11 bits per heavy atom. The maximum atomic E-state index is 11.5. The van der Waals surface area contributed by atoms with E-state index in [0.717, 1.165) is 25.9 Å². The molecule has 6 nitrogen and oxygen atoms in total. The molecule has 0 aromatic heterocycles. The zero-order chi connectivity index (χ0) is 14.5. The Kier molecular flexibility index (Phi) is 5.60. The molecule has 1 aliphatic heterocycles. The van der Waals surface area contributed by atoms with Gasteiger partial charge >= 0.3 is 6.09 Å². The van der Waals surface area contributed by atoms with E-state index in [1.165, 1.54) is 0 Å². The number of carbonyl (C=O) groups excluding carboxylic acids is 2. The third-order valence-corrected chi connectivity index (χ3v) is 2.92. The molecule has 110 valence electrons. The number of nitrogens with two attached hydrogens (primary N) is 1. The van der Waals surface area contributed by atoms with Gasteiger partial charge in [-0.15, -0.1) is 0 Å². The molecular weight excluding hydrogens is 246 g/mol. The quantitative estimate of drug-likeness (QED) is 0.788. The van der Waals surface area contributed by atoms with E-state index in [9.17, 15) is 9.59 Å². The lowest BCUT2D eigenvalue weighted by Gasteiger charge is -2.32. The van der Waals surface area contributed by atoms with Crippen LogP contribution in [0.1, 0.15) is 33.6 Å². The lowest BCUT2D eigenvalue weighted by atomic mass is 9.98. The molecule has 2 amide bonds. The highest BCUT2D eigenvalue weighted by atomic mass is 16.6. The van der Waals surface area contributed by atoms with E-state index in [4.69, 9.17) is 10.5 Å². The number of amides is 2. The number of nitrogens with one attached hydrogen (secondary N) is 1. The van der Waals surface area contributed by atoms with E-state index in [2.05, 4.69) is 5.32 Å². The molecule has 1 heterocycles. The minimum absolute atomic E-state index is 0.295. The first-order valence-corrected chi connectivity index (χ1v) is 6.74. The van der Waals surface area contributed by atoms with Crippen LogP contribution in [0.2, 0.25) is 0 Å². The van der Waals surface area contributed by atoms with Crippen molar-refractivity contribution >= 4 is 12.0 Å². The van der Waals surface area contributed by atoms with Crippen molar-refractivity contribution in [3.05, 3.63) is 0 Å². The normalized spacial score (nSPS) is 20.9. The zero-order valence-electron chi connectivity index (χ0n) is 12.1. The summed E-state index contributed by atoms with van der Waals surface area (Å²) in [6, 6.07) is 0. The molecule has 0 saturated carbocycles. The molecule has 19 heavy (non-hydrogen) atoms. The first-order valence-electron chi connectivity index (χ1n) is 6.74. The number of likely N-dealkylation sites (tertiary alicyclic amines) is 1. The monoisotopic (exact) mass is 271 g/mol. The van der Waals surface area contributed by atoms with Crippen molar-refractivity contribution in [1.29, 1.82) is 0 Å². The Morgan fingerprint density at radius 3 is 2.68 bits per heavy atom. The van der Waals surface area contributed by atoms with Crippen LogP contribution in [0.5, 0.6) is 0 Å². The molecule has 3 N–H and O–H groups in total. The van der Waals surface area contributed by atoms with Crippen molar-refractivity contribution in [1.82, 2.24) is 10.2 Å². The number of hydrogen-bond acceptors (Lipinski definition) is 4. The fourth-order valence-electron chi connectivity index (χ4n) is 2.22. The summed E-state index contributed by atoms with van der Waals surface area (Å²) in [4.78, 5) is 24.5. The Bertz CT molecular complexity index is 326. The van der Waals surface area contributed by atoms with Gasteiger partial charge in [0, 0.05) is 13.1 Å². The lowest BCUT2D eigenvalue weighted by Crippen LogP contribution is -2.44. The number of rotatable bonds is 4. The third-order valence-electron chi connectivity index (χ3n) is 2.92. The summed E-state index contributed by atoms with van der Waals surface area (Å²) in [5, 5.41) is 2.78. The molecule has 0 unspecified atom stereocenters. The number of primary amides is 1. The average Bonchev–Trinajstić information content (AvgIpc) is 2.23. The Morgan fingerprint density at radius 1 is 1.42 bits per heavy atom. The third kappa shape index (κ3) is 7.00. The summed E-state index contributed by atoms with van der Waals surface area (Å²) in [5.74, 6) is 0.0429. The second-order valence-electron chi connectivity index (χ2n) is 6.09. The predicted octanol–water partition coefficient (Wildman–Crippen LogP) is 0.708. The molecule has 0 aliphatic carbocycles. The Hall–Kier alpha value is -1.30. The van der Waals surface area contributed by atoms with Gasteiger partial charge in [0.1, 0.15) is 5.60 Å². The minimum atomic E-state index is -0.478. The van der Waals surface area contributed by atoms with Crippen molar-refractivity contribution in [3.63, 3.8) is 0 Å². The maximum absolute atomic E-state index is 11.5. The molecule has 1 rings (SSSR count). The second kappa shape index (κ2) is 6.75. The largest absolute Gasteiger partial charge is 0.444 e. The van der Waals surface area contributed by atoms with Crippen LogP contribution in [-0.2, 0) is 9.53 Å². The average molecular weight is 271 g/mol. The van der Waals surface area contributed by atoms with Crippen LogP contribution in [0.15, 0.2) is 0 Å². The van der Waals surface area contributed by atoms with E-state index in [1.54, 1.807) is 0 Å². The fraction of sp³-hybridized carbons (Fsp3) is 0.846. The van der Waals surface area contributed by atoms with E-state index in [0.29, 0.717) is 19.0 Å². The van der Waals surface area contributed by atoms with E-state index >= 15 is 0 Å². The van der Waals surface area contributed by atoms with Crippen LogP contribution in [0, 0.1) is 5.92 Å². The highest BCUT2D eigenvalue weighted by Crippen LogP contribution is 2.15. The van der Waals surface area contributed by atoms with Crippen molar-refractivity contribution in [3.8, 4) is 0 Å². The van der Waals surface area contributed by atoms with Gasteiger partial charge in [-0.2, -0.15) is 0 Å². The van der Waals surface area contributed by atoms with Gasteiger partial charge in [0.2, 0.25) is 5.91 Å². The molecule has 0 bridgehead atoms. The fourth-order valence-corrected chi connectivity index (χ4v) is 2.22. The summed E-state index contributed by atoms with van der Waals surface area (Å²) in [6.07, 6.45) is 1.68. The van der Waals surface area contributed by atoms with Crippen LogP contribution in [-0.4, -0.2) is 48.7 Å². The smallest absolute Gasteiger partial charge is 0.407 e. The molecule has 1 fully saturated rings. The SMILES string of the molecule is CC(C)(C)OC(=O)NC[C@H]1CCCN(CC(N)=O)C1. The van der Waals surface area contributed by atoms with Gasteiger partial charge in [-0.1, -0.05) is 0 Å². The first-order chi connectivity index (χ1) is 8.76. The number of hydrogen-bond donors (Lipinski definition) is 2. The van der Waals surface area contributed by atoms with Gasteiger partial charge in [0.05, 0.1) is 6.54 Å². The van der Waals surface area contributed by atoms with Crippen molar-refractivity contribution in [2.45, 2.75) is 39.2 Å². The molecule has 6 heteroatoms. The van der Waals surface area contributed by atoms with E-state index in [1.807, 2.05) is 25.7 Å². The Labute approximate surface area is 114 Å². The van der Waals surface area contributed by atoms with Gasteiger partial charge in [0.25, 0.3) is 0 Å². The van der Waals surface area contributed by atoms with Crippen molar-refractivity contribution in [2.24, 2.45) is 11.7 Å². The van der Waals surface area contributed by atoms with E-state index in [-0.39, 0.29) is 12.0 Å². The maximum Gasteiger partial charge on any atom is 0.407 e. The van der Waals surface area contributed by atoms with Crippen molar-refractivity contribution in [2.75, 3.05) is 26.2 Å². The molecule has 1 saturated heterocycles. The van der Waals surface area contributed by atoms with Crippen molar-refractivity contribution < 1.29 is 14.3 Å². The lowest BCUT2D eigenvalue weighted by molar-refractivity contribution is -0.119.